The molecule has 1 rings (SSSR count). The van der Waals surface area contributed by atoms with Crippen LogP contribution in [0.25, 0.3) is 0 Å². The largest absolute Gasteiger partial charge is 0.315 e. The molecule has 0 radical (unpaired) electrons. The minimum Gasteiger partial charge on any atom is -0.315 e. The van der Waals surface area contributed by atoms with E-state index in [1.54, 1.807) is 0 Å². The van der Waals surface area contributed by atoms with Crippen LogP contribution in [0.1, 0.15) is 25.0 Å². The summed E-state index contributed by atoms with van der Waals surface area (Å²) in [5.41, 5.74) is 2.64. The van der Waals surface area contributed by atoms with E-state index in [2.05, 4.69) is 65.5 Å². The fourth-order valence-corrected chi connectivity index (χ4v) is 1.86. The maximum atomic E-state index is 3.51. The van der Waals surface area contributed by atoms with Crippen LogP contribution in [0.15, 0.2) is 22.7 Å². The molecule has 0 atom stereocenters. The van der Waals surface area contributed by atoms with Crippen molar-refractivity contribution in [2.45, 2.75) is 27.3 Å². The van der Waals surface area contributed by atoms with E-state index in [9.17, 15) is 0 Å². The predicted octanol–water partition coefficient (Wildman–Crippen LogP) is 3.09. The number of nitrogens with one attached hydrogen (secondary N) is 2. The first-order valence-corrected chi connectivity index (χ1v) is 7.05. The van der Waals surface area contributed by atoms with Gasteiger partial charge in [-0.1, -0.05) is 41.9 Å². The van der Waals surface area contributed by atoms with Gasteiger partial charge in [-0.2, -0.15) is 0 Å². The summed E-state index contributed by atoms with van der Waals surface area (Å²) < 4.78 is 1.18. The van der Waals surface area contributed by atoms with Crippen molar-refractivity contribution < 1.29 is 0 Å². The highest BCUT2D eigenvalue weighted by Gasteiger charge is 1.97. The highest BCUT2D eigenvalue weighted by Crippen LogP contribution is 2.16. The molecule has 0 saturated heterocycles. The van der Waals surface area contributed by atoms with Gasteiger partial charge in [0.1, 0.15) is 0 Å². The van der Waals surface area contributed by atoms with E-state index in [1.165, 1.54) is 15.6 Å². The van der Waals surface area contributed by atoms with Gasteiger partial charge in [0.15, 0.2) is 0 Å². The number of hydrogen-bond donors (Lipinski definition) is 2. The molecule has 96 valence electrons. The topological polar surface area (TPSA) is 24.1 Å². The SMILES string of the molecule is Cc1cc(CNCCNCC(C)C)ccc1Br. The van der Waals surface area contributed by atoms with E-state index in [0.29, 0.717) is 0 Å². The molecular formula is C14H23BrN2. The molecule has 1 aromatic rings. The van der Waals surface area contributed by atoms with Crippen molar-refractivity contribution in [3.63, 3.8) is 0 Å². The third kappa shape index (κ3) is 6.20. The number of hydrogen-bond acceptors (Lipinski definition) is 2. The van der Waals surface area contributed by atoms with Crippen molar-refractivity contribution in [1.29, 1.82) is 0 Å². The number of aryl methyl sites for hydroxylation is 1. The maximum absolute atomic E-state index is 3.51. The van der Waals surface area contributed by atoms with Crippen LogP contribution in [0.2, 0.25) is 0 Å². The quantitative estimate of drug-likeness (QED) is 0.756. The lowest BCUT2D eigenvalue weighted by atomic mass is 10.1. The molecule has 0 saturated carbocycles. The lowest BCUT2D eigenvalue weighted by molar-refractivity contribution is 0.535. The summed E-state index contributed by atoms with van der Waals surface area (Å²) in [5, 5.41) is 6.87. The van der Waals surface area contributed by atoms with Gasteiger partial charge in [-0.05, 0) is 36.6 Å². The van der Waals surface area contributed by atoms with E-state index in [4.69, 9.17) is 0 Å². The Kier molecular flexibility index (Phi) is 6.78. The average molecular weight is 299 g/mol. The van der Waals surface area contributed by atoms with Gasteiger partial charge < -0.3 is 10.6 Å². The minimum absolute atomic E-state index is 0.726. The van der Waals surface area contributed by atoms with E-state index in [-0.39, 0.29) is 0 Å². The molecule has 0 amide bonds. The second-order valence-corrected chi connectivity index (χ2v) is 5.71. The summed E-state index contributed by atoms with van der Waals surface area (Å²) in [6.45, 7) is 10.7. The van der Waals surface area contributed by atoms with Crippen LogP contribution >= 0.6 is 15.9 Å². The lowest BCUT2D eigenvalue weighted by Crippen LogP contribution is -2.29. The third-order valence-electron chi connectivity index (χ3n) is 2.58. The van der Waals surface area contributed by atoms with Crippen LogP contribution in [0, 0.1) is 12.8 Å². The molecule has 17 heavy (non-hydrogen) atoms. The smallest absolute Gasteiger partial charge is 0.0206 e. The van der Waals surface area contributed by atoms with Crippen LogP contribution < -0.4 is 10.6 Å². The van der Waals surface area contributed by atoms with Crippen LogP contribution in [0.5, 0.6) is 0 Å². The second kappa shape index (κ2) is 7.85. The van der Waals surface area contributed by atoms with Gasteiger partial charge in [0, 0.05) is 24.1 Å². The fourth-order valence-electron chi connectivity index (χ4n) is 1.62. The van der Waals surface area contributed by atoms with Crippen LogP contribution in [0.4, 0.5) is 0 Å². The highest BCUT2D eigenvalue weighted by molar-refractivity contribution is 9.10. The Morgan fingerprint density at radius 2 is 1.88 bits per heavy atom. The number of rotatable bonds is 7. The first-order valence-electron chi connectivity index (χ1n) is 6.26. The molecule has 0 aliphatic carbocycles. The highest BCUT2D eigenvalue weighted by atomic mass is 79.9. The standard InChI is InChI=1S/C14H23BrN2/c1-11(2)9-16-6-7-17-10-13-4-5-14(15)12(3)8-13/h4-5,8,11,16-17H,6-7,9-10H2,1-3H3. The van der Waals surface area contributed by atoms with Crippen molar-refractivity contribution in [3.05, 3.63) is 33.8 Å². The molecule has 0 unspecified atom stereocenters. The number of halogens is 1. The van der Waals surface area contributed by atoms with Gasteiger partial charge in [0.2, 0.25) is 0 Å². The molecule has 0 fully saturated rings. The molecular weight excluding hydrogens is 276 g/mol. The predicted molar refractivity (Wildman–Crippen MR) is 78.3 cm³/mol. The zero-order valence-corrected chi connectivity index (χ0v) is 12.6. The maximum Gasteiger partial charge on any atom is 0.0206 e. The monoisotopic (exact) mass is 298 g/mol. The van der Waals surface area contributed by atoms with Gasteiger partial charge in [-0.25, -0.2) is 0 Å². The summed E-state index contributed by atoms with van der Waals surface area (Å²) in [6, 6.07) is 6.49. The van der Waals surface area contributed by atoms with Gasteiger partial charge in [-0.15, -0.1) is 0 Å². The molecule has 0 aliphatic rings. The Hall–Kier alpha value is -0.380. The second-order valence-electron chi connectivity index (χ2n) is 4.86. The summed E-state index contributed by atoms with van der Waals surface area (Å²) >= 11 is 3.51. The molecule has 0 aliphatic heterocycles. The van der Waals surface area contributed by atoms with Crippen LogP contribution in [0.3, 0.4) is 0 Å². The Morgan fingerprint density at radius 3 is 2.53 bits per heavy atom. The van der Waals surface area contributed by atoms with E-state index < -0.39 is 0 Å². The molecule has 2 nitrogen and oxygen atoms in total. The van der Waals surface area contributed by atoms with E-state index in [1.807, 2.05) is 0 Å². The van der Waals surface area contributed by atoms with Crippen molar-refractivity contribution in [1.82, 2.24) is 10.6 Å². The van der Waals surface area contributed by atoms with E-state index >= 15 is 0 Å². The minimum atomic E-state index is 0.726. The zero-order valence-electron chi connectivity index (χ0n) is 11.0. The Morgan fingerprint density at radius 1 is 1.18 bits per heavy atom. The molecule has 3 heteroatoms. The van der Waals surface area contributed by atoms with E-state index in [0.717, 1.165) is 32.1 Å². The summed E-state index contributed by atoms with van der Waals surface area (Å²) in [6.07, 6.45) is 0. The molecule has 0 aromatic heterocycles. The Balaban J connectivity index is 2.16. The first-order chi connectivity index (χ1) is 8.09. The molecule has 2 N–H and O–H groups in total. The lowest BCUT2D eigenvalue weighted by Gasteiger charge is -2.09. The average Bonchev–Trinajstić information content (AvgIpc) is 2.27. The normalized spacial score (nSPS) is 11.1. The number of benzene rings is 1. The Bertz CT molecular complexity index is 337. The fraction of sp³-hybridized carbons (Fsp3) is 0.571. The summed E-state index contributed by atoms with van der Waals surface area (Å²) in [7, 11) is 0. The van der Waals surface area contributed by atoms with Crippen molar-refractivity contribution >= 4 is 15.9 Å². The summed E-state index contributed by atoms with van der Waals surface area (Å²) in [5.74, 6) is 0.726. The van der Waals surface area contributed by atoms with Gasteiger partial charge >= 0.3 is 0 Å². The third-order valence-corrected chi connectivity index (χ3v) is 3.47. The van der Waals surface area contributed by atoms with Crippen molar-refractivity contribution in [2.75, 3.05) is 19.6 Å². The van der Waals surface area contributed by atoms with Gasteiger partial charge in [-0.3, -0.25) is 0 Å². The first kappa shape index (κ1) is 14.7. The Labute approximate surface area is 113 Å². The molecule has 0 spiro atoms. The van der Waals surface area contributed by atoms with Gasteiger partial charge in [0.05, 0.1) is 0 Å². The zero-order chi connectivity index (χ0) is 12.7. The van der Waals surface area contributed by atoms with Crippen LogP contribution in [-0.4, -0.2) is 19.6 Å². The van der Waals surface area contributed by atoms with Gasteiger partial charge in [0.25, 0.3) is 0 Å². The molecule has 1 aromatic carbocycles. The molecule has 0 bridgehead atoms. The van der Waals surface area contributed by atoms with Crippen molar-refractivity contribution in [3.8, 4) is 0 Å². The molecule has 0 heterocycles. The van der Waals surface area contributed by atoms with Crippen LogP contribution in [-0.2, 0) is 6.54 Å². The summed E-state index contributed by atoms with van der Waals surface area (Å²) in [4.78, 5) is 0. The van der Waals surface area contributed by atoms with Crippen molar-refractivity contribution in [2.24, 2.45) is 5.92 Å².